The number of rotatable bonds is 8. The van der Waals surface area contributed by atoms with Crippen LogP contribution in [0.15, 0.2) is 0 Å². The molecule has 0 aliphatic carbocycles. The minimum absolute atomic E-state index is 0.310. The lowest BCUT2D eigenvalue weighted by Crippen LogP contribution is -2.47. The van der Waals surface area contributed by atoms with Crippen LogP contribution in [0, 0.1) is 5.92 Å². The first kappa shape index (κ1) is 17.4. The molecule has 0 spiro atoms. The summed E-state index contributed by atoms with van der Waals surface area (Å²) in [6.45, 7) is 12.1. The molecule has 1 rings (SSSR count). The lowest BCUT2D eigenvalue weighted by molar-refractivity contribution is -0.132. The highest BCUT2D eigenvalue weighted by Gasteiger charge is 2.17. The fourth-order valence-electron chi connectivity index (χ4n) is 2.48. The molecule has 0 atom stereocenters. The smallest absolute Gasteiger partial charge is 0.223 e. The first-order valence-electron chi connectivity index (χ1n) is 7.84. The Labute approximate surface area is 124 Å². The Morgan fingerprint density at radius 3 is 2.35 bits per heavy atom. The molecule has 0 saturated carbocycles. The van der Waals surface area contributed by atoms with Crippen molar-refractivity contribution in [2.45, 2.75) is 20.3 Å². The highest BCUT2D eigenvalue weighted by atomic mass is 16.2. The molecule has 0 aromatic carbocycles. The molecule has 0 bridgehead atoms. The van der Waals surface area contributed by atoms with Crippen molar-refractivity contribution in [2.75, 3.05) is 66.5 Å². The van der Waals surface area contributed by atoms with E-state index in [1.165, 1.54) is 0 Å². The van der Waals surface area contributed by atoms with Crippen molar-refractivity contribution in [3.63, 3.8) is 0 Å². The third kappa shape index (κ3) is 7.22. The SMILES string of the molecule is CC(C)CN(CCC(=O)N1CCNCC1)CCN(C)C. The molecule has 5 heteroatoms. The zero-order valence-electron chi connectivity index (χ0n) is 13.7. The number of likely N-dealkylation sites (N-methyl/N-ethyl adjacent to an activating group) is 1. The Kier molecular flexibility index (Phi) is 8.11. The van der Waals surface area contributed by atoms with Crippen LogP contribution in [0.2, 0.25) is 0 Å². The maximum absolute atomic E-state index is 12.2. The normalized spacial score (nSPS) is 16.4. The van der Waals surface area contributed by atoms with Gasteiger partial charge in [-0.15, -0.1) is 0 Å². The molecule has 0 aromatic rings. The summed E-state index contributed by atoms with van der Waals surface area (Å²) in [5.41, 5.74) is 0. The number of nitrogens with zero attached hydrogens (tertiary/aromatic N) is 3. The molecule has 20 heavy (non-hydrogen) atoms. The number of carbonyl (C=O) groups excluding carboxylic acids is 1. The molecule has 5 nitrogen and oxygen atoms in total. The maximum atomic E-state index is 12.2. The van der Waals surface area contributed by atoms with Gasteiger partial charge >= 0.3 is 0 Å². The van der Waals surface area contributed by atoms with Crippen molar-refractivity contribution < 1.29 is 4.79 Å². The maximum Gasteiger partial charge on any atom is 0.223 e. The highest BCUT2D eigenvalue weighted by Crippen LogP contribution is 2.03. The van der Waals surface area contributed by atoms with Gasteiger partial charge in [-0.2, -0.15) is 0 Å². The Morgan fingerprint density at radius 2 is 1.80 bits per heavy atom. The standard InChI is InChI=1S/C15H32N4O/c1-14(2)13-18(12-11-17(3)4)8-5-15(20)19-9-6-16-7-10-19/h14,16H,5-13H2,1-4H3. The van der Waals surface area contributed by atoms with Crippen molar-refractivity contribution in [3.8, 4) is 0 Å². The molecule has 1 heterocycles. The van der Waals surface area contributed by atoms with Crippen LogP contribution >= 0.6 is 0 Å². The van der Waals surface area contributed by atoms with E-state index in [4.69, 9.17) is 0 Å². The van der Waals surface area contributed by atoms with Crippen LogP contribution in [-0.2, 0) is 4.79 Å². The Hall–Kier alpha value is -0.650. The van der Waals surface area contributed by atoms with Crippen molar-refractivity contribution in [2.24, 2.45) is 5.92 Å². The van der Waals surface area contributed by atoms with Crippen molar-refractivity contribution >= 4 is 5.91 Å². The second-order valence-corrected chi connectivity index (χ2v) is 6.38. The third-order valence-corrected chi connectivity index (χ3v) is 3.60. The van der Waals surface area contributed by atoms with Gasteiger partial charge in [0.05, 0.1) is 0 Å². The zero-order chi connectivity index (χ0) is 15.0. The number of amides is 1. The average Bonchev–Trinajstić information content (AvgIpc) is 2.42. The van der Waals surface area contributed by atoms with E-state index in [1.54, 1.807) is 0 Å². The van der Waals surface area contributed by atoms with Crippen molar-refractivity contribution in [3.05, 3.63) is 0 Å². The summed E-state index contributed by atoms with van der Waals surface area (Å²) < 4.78 is 0. The van der Waals surface area contributed by atoms with Crippen LogP contribution < -0.4 is 5.32 Å². The molecular formula is C15H32N4O. The summed E-state index contributed by atoms with van der Waals surface area (Å²) in [6.07, 6.45) is 0.653. The largest absolute Gasteiger partial charge is 0.340 e. The number of nitrogens with one attached hydrogen (secondary N) is 1. The summed E-state index contributed by atoms with van der Waals surface area (Å²) >= 11 is 0. The van der Waals surface area contributed by atoms with Gasteiger partial charge in [-0.3, -0.25) is 4.79 Å². The molecular weight excluding hydrogens is 252 g/mol. The second kappa shape index (κ2) is 9.32. The van der Waals surface area contributed by atoms with Crippen LogP contribution in [0.5, 0.6) is 0 Å². The predicted octanol–water partition coefficient (Wildman–Crippen LogP) is 0.328. The van der Waals surface area contributed by atoms with Crippen LogP contribution in [0.1, 0.15) is 20.3 Å². The third-order valence-electron chi connectivity index (χ3n) is 3.60. The molecule has 0 aromatic heterocycles. The van der Waals surface area contributed by atoms with E-state index >= 15 is 0 Å². The molecule has 1 amide bonds. The fraction of sp³-hybridized carbons (Fsp3) is 0.933. The van der Waals surface area contributed by atoms with E-state index in [9.17, 15) is 4.79 Å². The minimum Gasteiger partial charge on any atom is -0.340 e. The summed E-state index contributed by atoms with van der Waals surface area (Å²) in [7, 11) is 4.19. The minimum atomic E-state index is 0.310. The van der Waals surface area contributed by atoms with E-state index in [0.29, 0.717) is 18.2 Å². The predicted molar refractivity (Wildman–Crippen MR) is 83.9 cm³/mol. The molecule has 0 radical (unpaired) electrons. The van der Waals surface area contributed by atoms with Gasteiger partial charge in [0.2, 0.25) is 5.91 Å². The van der Waals surface area contributed by atoms with E-state index < -0.39 is 0 Å². The van der Waals surface area contributed by atoms with E-state index in [-0.39, 0.29) is 0 Å². The summed E-state index contributed by atoms with van der Waals surface area (Å²) in [5, 5.41) is 3.28. The molecule has 1 aliphatic heterocycles. The van der Waals surface area contributed by atoms with Crippen LogP contribution in [0.4, 0.5) is 0 Å². The van der Waals surface area contributed by atoms with E-state index in [1.807, 2.05) is 4.90 Å². The Morgan fingerprint density at radius 1 is 1.15 bits per heavy atom. The molecule has 1 fully saturated rings. The zero-order valence-corrected chi connectivity index (χ0v) is 13.7. The Balaban J connectivity index is 2.33. The first-order valence-corrected chi connectivity index (χ1v) is 7.84. The van der Waals surface area contributed by atoms with Gasteiger partial charge < -0.3 is 20.0 Å². The van der Waals surface area contributed by atoms with Gasteiger partial charge in [-0.25, -0.2) is 0 Å². The van der Waals surface area contributed by atoms with Gasteiger partial charge in [0.1, 0.15) is 0 Å². The first-order chi connectivity index (χ1) is 9.49. The lowest BCUT2D eigenvalue weighted by atomic mass is 10.2. The van der Waals surface area contributed by atoms with Gasteiger partial charge in [0.25, 0.3) is 0 Å². The topological polar surface area (TPSA) is 38.8 Å². The van der Waals surface area contributed by atoms with Crippen molar-refractivity contribution in [1.82, 2.24) is 20.0 Å². The fourth-order valence-corrected chi connectivity index (χ4v) is 2.48. The Bertz CT molecular complexity index is 275. The van der Waals surface area contributed by atoms with Gasteiger partial charge in [0, 0.05) is 58.8 Å². The second-order valence-electron chi connectivity index (χ2n) is 6.38. The van der Waals surface area contributed by atoms with Crippen molar-refractivity contribution in [1.29, 1.82) is 0 Å². The number of hydrogen-bond acceptors (Lipinski definition) is 4. The number of hydrogen-bond donors (Lipinski definition) is 1. The monoisotopic (exact) mass is 284 g/mol. The van der Waals surface area contributed by atoms with Crippen LogP contribution in [0.3, 0.4) is 0 Å². The van der Waals surface area contributed by atoms with Gasteiger partial charge in [-0.1, -0.05) is 13.8 Å². The highest BCUT2D eigenvalue weighted by molar-refractivity contribution is 5.76. The number of carbonyl (C=O) groups is 1. The van der Waals surface area contributed by atoms with Gasteiger partial charge in [-0.05, 0) is 20.0 Å². The van der Waals surface area contributed by atoms with Crippen LogP contribution in [-0.4, -0.2) is 87.1 Å². The average molecular weight is 284 g/mol. The van der Waals surface area contributed by atoms with Gasteiger partial charge in [0.15, 0.2) is 0 Å². The number of piperazine rings is 1. The molecule has 0 unspecified atom stereocenters. The summed E-state index contributed by atoms with van der Waals surface area (Å²) in [6, 6.07) is 0. The van der Waals surface area contributed by atoms with E-state index in [2.05, 4.69) is 43.1 Å². The molecule has 1 saturated heterocycles. The molecule has 1 aliphatic rings. The summed E-state index contributed by atoms with van der Waals surface area (Å²) in [4.78, 5) is 18.8. The summed E-state index contributed by atoms with van der Waals surface area (Å²) in [5.74, 6) is 0.955. The quantitative estimate of drug-likeness (QED) is 0.697. The molecule has 118 valence electrons. The lowest BCUT2D eigenvalue weighted by Gasteiger charge is -2.30. The molecule has 1 N–H and O–H groups in total. The van der Waals surface area contributed by atoms with E-state index in [0.717, 1.165) is 52.4 Å². The van der Waals surface area contributed by atoms with Crippen LogP contribution in [0.25, 0.3) is 0 Å².